The molecule has 0 bridgehead atoms. The van der Waals surface area contributed by atoms with E-state index in [9.17, 15) is 22.8 Å². The first-order chi connectivity index (χ1) is 14.6. The molecule has 0 spiro atoms. The average molecular weight is 470 g/mol. The Balaban J connectivity index is 1.91. The molecule has 3 rings (SSSR count). The molecule has 2 heterocycles. The molecule has 5 nitrogen and oxygen atoms in total. The molecule has 0 aliphatic heterocycles. The van der Waals surface area contributed by atoms with Crippen molar-refractivity contribution in [2.24, 2.45) is 0 Å². The van der Waals surface area contributed by atoms with E-state index in [2.05, 4.69) is 10.3 Å². The molecule has 0 aliphatic rings. The number of thioether (sulfide) groups is 1. The summed E-state index contributed by atoms with van der Waals surface area (Å²) in [6.45, 7) is 7.86. The van der Waals surface area contributed by atoms with Gasteiger partial charge in [0.15, 0.2) is 22.6 Å². The van der Waals surface area contributed by atoms with Gasteiger partial charge in [0.25, 0.3) is 5.56 Å². The second-order valence-corrected chi connectivity index (χ2v) is 9.65. The van der Waals surface area contributed by atoms with Crippen molar-refractivity contribution in [3.63, 3.8) is 0 Å². The van der Waals surface area contributed by atoms with Gasteiger partial charge < -0.3 is 5.32 Å². The zero-order valence-corrected chi connectivity index (χ0v) is 19.1. The van der Waals surface area contributed by atoms with Crippen LogP contribution in [0, 0.1) is 31.3 Å². The zero-order valence-electron chi connectivity index (χ0n) is 17.5. The number of aryl methyl sites for hydroxylation is 2. The van der Waals surface area contributed by atoms with E-state index in [1.165, 1.54) is 11.3 Å². The van der Waals surface area contributed by atoms with Crippen LogP contribution >= 0.6 is 23.1 Å². The summed E-state index contributed by atoms with van der Waals surface area (Å²) in [5.41, 5.74) is 0.300. The number of thiophene rings is 1. The number of nitrogens with one attached hydrogen (secondary N) is 1. The molecule has 1 aromatic carbocycles. The van der Waals surface area contributed by atoms with Gasteiger partial charge in [-0.05, 0) is 44.9 Å². The van der Waals surface area contributed by atoms with Crippen LogP contribution in [-0.4, -0.2) is 20.7 Å². The van der Waals surface area contributed by atoms with Gasteiger partial charge in [0, 0.05) is 11.4 Å². The van der Waals surface area contributed by atoms with Gasteiger partial charge in [-0.25, -0.2) is 18.2 Å². The van der Waals surface area contributed by atoms with Gasteiger partial charge in [-0.2, -0.15) is 0 Å². The van der Waals surface area contributed by atoms with E-state index < -0.39 is 34.3 Å². The van der Waals surface area contributed by atoms with Crippen LogP contribution in [-0.2, 0) is 11.3 Å². The zero-order chi connectivity index (χ0) is 22.9. The highest BCUT2D eigenvalue weighted by atomic mass is 32.2. The molecule has 31 heavy (non-hydrogen) atoms. The molecule has 1 amide bonds. The molecular formula is C21H22F3N3O2S2. The van der Waals surface area contributed by atoms with Crippen LogP contribution in [0.15, 0.2) is 22.1 Å². The molecule has 1 unspecified atom stereocenters. The first-order valence-corrected chi connectivity index (χ1v) is 11.5. The first-order valence-electron chi connectivity index (χ1n) is 9.77. The minimum absolute atomic E-state index is 0.151. The lowest BCUT2D eigenvalue weighted by Gasteiger charge is -2.16. The lowest BCUT2D eigenvalue weighted by atomic mass is 10.2. The van der Waals surface area contributed by atoms with Crippen LogP contribution in [0.3, 0.4) is 0 Å². The summed E-state index contributed by atoms with van der Waals surface area (Å²) >= 11 is 2.48. The molecule has 10 heteroatoms. The van der Waals surface area contributed by atoms with Crippen LogP contribution in [0.4, 0.5) is 18.9 Å². The van der Waals surface area contributed by atoms with Crippen LogP contribution in [0.2, 0.25) is 0 Å². The highest BCUT2D eigenvalue weighted by Gasteiger charge is 2.23. The largest absolute Gasteiger partial charge is 0.323 e. The number of nitrogens with zero attached hydrogens (tertiary/aromatic N) is 2. The molecule has 166 valence electrons. The second-order valence-electron chi connectivity index (χ2n) is 7.14. The fourth-order valence-electron chi connectivity index (χ4n) is 2.98. The number of anilines is 1. The number of hydrogen-bond acceptors (Lipinski definition) is 5. The molecule has 0 aliphatic carbocycles. The highest BCUT2D eigenvalue weighted by Crippen LogP contribution is 2.30. The molecule has 1 atom stereocenters. The lowest BCUT2D eigenvalue weighted by molar-refractivity contribution is -0.115. The van der Waals surface area contributed by atoms with Crippen molar-refractivity contribution in [2.75, 3.05) is 5.32 Å². The molecule has 3 aromatic rings. The average Bonchev–Trinajstić information content (AvgIpc) is 3.01. The maximum Gasteiger partial charge on any atom is 0.263 e. The number of carbonyl (C=O) groups excluding carboxylic acids is 1. The van der Waals surface area contributed by atoms with Gasteiger partial charge in [0.05, 0.1) is 16.3 Å². The molecule has 0 fully saturated rings. The summed E-state index contributed by atoms with van der Waals surface area (Å²) in [7, 11) is 0. The summed E-state index contributed by atoms with van der Waals surface area (Å²) in [6.07, 6.45) is 1.64. The van der Waals surface area contributed by atoms with Gasteiger partial charge in [0.1, 0.15) is 4.83 Å². The van der Waals surface area contributed by atoms with Crippen LogP contribution in [0.25, 0.3) is 10.2 Å². The standard InChI is InChI=1S/C21H22F3N3O2S2/c1-5-6-9-27-20(29)15-10(2)11(3)30-19(15)26-21(27)31-12(4)18(28)25-14-8-7-13(22)16(23)17(14)24/h7-8,12H,5-6,9H2,1-4H3,(H,25,28). The highest BCUT2D eigenvalue weighted by molar-refractivity contribution is 8.00. The molecule has 0 saturated carbocycles. The quantitative estimate of drug-likeness (QED) is 0.285. The third-order valence-electron chi connectivity index (χ3n) is 4.93. The Hall–Kier alpha value is -2.33. The van der Waals surface area contributed by atoms with E-state index in [1.807, 2.05) is 20.8 Å². The monoisotopic (exact) mass is 469 g/mol. The summed E-state index contributed by atoms with van der Waals surface area (Å²) in [4.78, 5) is 31.9. The third-order valence-corrected chi connectivity index (χ3v) is 7.12. The van der Waals surface area contributed by atoms with Gasteiger partial charge in [-0.3, -0.25) is 14.2 Å². The van der Waals surface area contributed by atoms with Crippen molar-refractivity contribution < 1.29 is 18.0 Å². The van der Waals surface area contributed by atoms with Crippen molar-refractivity contribution >= 4 is 44.9 Å². The van der Waals surface area contributed by atoms with E-state index >= 15 is 0 Å². The van der Waals surface area contributed by atoms with Gasteiger partial charge in [-0.15, -0.1) is 11.3 Å². The number of rotatable bonds is 7. The first kappa shape index (κ1) is 23.3. The minimum atomic E-state index is -1.65. The molecule has 2 aromatic heterocycles. The second kappa shape index (κ2) is 9.44. The molecular weight excluding hydrogens is 447 g/mol. The fraction of sp³-hybridized carbons (Fsp3) is 0.381. The molecule has 0 radical (unpaired) electrons. The minimum Gasteiger partial charge on any atom is -0.323 e. The Labute approximate surface area is 185 Å². The molecule has 1 N–H and O–H groups in total. The number of aromatic nitrogens is 2. The summed E-state index contributed by atoms with van der Waals surface area (Å²) in [6, 6.07) is 1.70. The Bertz CT molecular complexity index is 1210. The van der Waals surface area contributed by atoms with Crippen LogP contribution in [0.1, 0.15) is 37.1 Å². The molecule has 0 saturated heterocycles. The number of halogens is 3. The predicted octanol–water partition coefficient (Wildman–Crippen LogP) is 5.41. The van der Waals surface area contributed by atoms with Gasteiger partial charge in [-0.1, -0.05) is 25.1 Å². The van der Waals surface area contributed by atoms with Crippen molar-refractivity contribution in [1.29, 1.82) is 0 Å². The van der Waals surface area contributed by atoms with Crippen molar-refractivity contribution in [1.82, 2.24) is 9.55 Å². The third kappa shape index (κ3) is 4.64. The predicted molar refractivity (Wildman–Crippen MR) is 119 cm³/mol. The van der Waals surface area contributed by atoms with Crippen molar-refractivity contribution in [3.8, 4) is 0 Å². The maximum absolute atomic E-state index is 13.9. The number of benzene rings is 1. The maximum atomic E-state index is 13.9. The summed E-state index contributed by atoms with van der Waals surface area (Å²) < 4.78 is 42.0. The summed E-state index contributed by atoms with van der Waals surface area (Å²) in [5.74, 6) is -5.07. The van der Waals surface area contributed by atoms with Crippen LogP contribution < -0.4 is 10.9 Å². The number of hydrogen-bond donors (Lipinski definition) is 1. The van der Waals surface area contributed by atoms with E-state index in [0.29, 0.717) is 21.9 Å². The SMILES string of the molecule is CCCCn1c(SC(C)C(=O)Nc2ccc(F)c(F)c2F)nc2sc(C)c(C)c2c1=O. The Morgan fingerprint density at radius 1 is 1.26 bits per heavy atom. The number of unbranched alkanes of at least 4 members (excludes halogenated alkanes) is 1. The topological polar surface area (TPSA) is 64.0 Å². The normalized spacial score (nSPS) is 12.4. The summed E-state index contributed by atoms with van der Waals surface area (Å²) in [5, 5.41) is 2.48. The van der Waals surface area contributed by atoms with Gasteiger partial charge >= 0.3 is 0 Å². The lowest BCUT2D eigenvalue weighted by Crippen LogP contribution is -2.27. The van der Waals surface area contributed by atoms with E-state index in [-0.39, 0.29) is 5.56 Å². The number of carbonyl (C=O) groups is 1. The van der Waals surface area contributed by atoms with Crippen molar-refractivity contribution in [3.05, 3.63) is 50.4 Å². The van der Waals surface area contributed by atoms with Crippen LogP contribution in [0.5, 0.6) is 0 Å². The van der Waals surface area contributed by atoms with Gasteiger partial charge in [0.2, 0.25) is 5.91 Å². The fourth-order valence-corrected chi connectivity index (χ4v) is 4.99. The van der Waals surface area contributed by atoms with E-state index in [1.54, 1.807) is 11.5 Å². The van der Waals surface area contributed by atoms with Crippen molar-refractivity contribution in [2.45, 2.75) is 57.5 Å². The number of fused-ring (bicyclic) bond motifs is 1. The number of amides is 1. The Kier molecular flexibility index (Phi) is 7.10. The smallest absolute Gasteiger partial charge is 0.263 e. The Morgan fingerprint density at radius 2 is 1.97 bits per heavy atom. The van der Waals surface area contributed by atoms with E-state index in [4.69, 9.17) is 0 Å². The van der Waals surface area contributed by atoms with E-state index in [0.717, 1.165) is 47.2 Å². The Morgan fingerprint density at radius 3 is 2.65 bits per heavy atom.